The second kappa shape index (κ2) is 10.8. The maximum Gasteiger partial charge on any atom is 2.00 e. The molecule has 0 saturated heterocycles. The van der Waals surface area contributed by atoms with Gasteiger partial charge in [0, 0.05) is 11.8 Å². The Labute approximate surface area is 212 Å². The number of phenols is 2. The second-order valence-electron chi connectivity index (χ2n) is 8.81. The number of phenolic OH excluding ortho intramolecular Hbond substituents is 2. The van der Waals surface area contributed by atoms with Crippen LogP contribution >= 0.6 is 0 Å². The van der Waals surface area contributed by atoms with Gasteiger partial charge >= 0.3 is 19.5 Å². The van der Waals surface area contributed by atoms with Gasteiger partial charge in [0.15, 0.2) is 0 Å². The van der Waals surface area contributed by atoms with E-state index in [1.165, 1.54) is 6.42 Å². The molecule has 0 amide bonds. The maximum atomic E-state index is 11.6. The number of rotatable bonds is 2. The summed E-state index contributed by atoms with van der Waals surface area (Å²) in [6.45, 7) is 6.67. The minimum atomic E-state index is -4.38. The molecule has 2 bridgehead atoms. The number of aromatic hydroxyl groups is 2. The van der Waals surface area contributed by atoms with Gasteiger partial charge in [-0.1, -0.05) is 20.8 Å². The Balaban J connectivity index is 0.000000251. The van der Waals surface area contributed by atoms with E-state index in [0.29, 0.717) is 11.7 Å². The third-order valence-corrected chi connectivity index (χ3v) is 8.43. The Kier molecular flexibility index (Phi) is 9.61. The molecule has 2 aliphatic carbocycles. The molecule has 2 atom stereocenters. The molecule has 182 valence electrons. The fraction of sp³-hybridized carbons (Fsp3) is 0.409. The fourth-order valence-electron chi connectivity index (χ4n) is 4.13. The van der Waals surface area contributed by atoms with Gasteiger partial charge in [0.25, 0.3) is 0 Å². The van der Waals surface area contributed by atoms with Gasteiger partial charge < -0.3 is 19.3 Å². The number of fused-ring (bicyclic) bond motifs is 2. The van der Waals surface area contributed by atoms with Crippen LogP contribution in [-0.2, 0) is 44.5 Å². The zero-order chi connectivity index (χ0) is 25.2. The first-order valence-corrected chi connectivity index (χ1v) is 12.8. The molecule has 2 fully saturated rings. The maximum absolute atomic E-state index is 11.6. The number of hydrogen-bond acceptors (Lipinski definition) is 9. The van der Waals surface area contributed by atoms with E-state index in [2.05, 4.69) is 20.8 Å². The van der Waals surface area contributed by atoms with E-state index in [9.17, 15) is 30.7 Å². The average Bonchev–Trinajstić information content (AvgIpc) is 3.01. The number of hydrogen-bond donors (Lipinski definition) is 2. The van der Waals surface area contributed by atoms with Gasteiger partial charge in [0.2, 0.25) is 0 Å². The van der Waals surface area contributed by atoms with E-state index in [-0.39, 0.29) is 51.6 Å². The van der Waals surface area contributed by atoms with Crippen LogP contribution < -0.4 is 0 Å². The molecule has 2 unspecified atom stereocenters. The van der Waals surface area contributed by atoms with Crippen LogP contribution in [0.15, 0.2) is 58.3 Å². The number of benzene rings is 2. The molecule has 9 nitrogen and oxygen atoms in total. The van der Waals surface area contributed by atoms with Crippen molar-refractivity contribution in [3.05, 3.63) is 48.5 Å². The van der Waals surface area contributed by atoms with Crippen molar-refractivity contribution in [2.45, 2.75) is 49.8 Å². The predicted molar refractivity (Wildman–Crippen MR) is 116 cm³/mol. The van der Waals surface area contributed by atoms with Crippen molar-refractivity contribution in [3.63, 3.8) is 0 Å². The number of carbonyl (C=O) groups is 1. The molecule has 34 heavy (non-hydrogen) atoms. The zero-order valence-electron chi connectivity index (χ0n) is 19.1. The van der Waals surface area contributed by atoms with Crippen molar-refractivity contribution in [2.75, 3.05) is 0 Å². The third-order valence-electron chi connectivity index (χ3n) is 6.73. The largest absolute Gasteiger partial charge is 2.00 e. The van der Waals surface area contributed by atoms with Crippen molar-refractivity contribution in [2.24, 2.45) is 16.7 Å². The van der Waals surface area contributed by atoms with E-state index in [1.807, 2.05) is 0 Å². The van der Waals surface area contributed by atoms with E-state index in [1.54, 1.807) is 0 Å². The van der Waals surface area contributed by atoms with E-state index in [4.69, 9.17) is 10.2 Å². The molecule has 2 saturated carbocycles. The molecule has 2 N–H and O–H groups in total. The Bertz CT molecular complexity index is 1130. The minimum Gasteiger partial charge on any atom is -0.744 e. The summed E-state index contributed by atoms with van der Waals surface area (Å²) in [5.74, 6) is 1.05. The first-order valence-electron chi connectivity index (χ1n) is 10.0. The molecule has 0 aromatic heterocycles. The summed E-state index contributed by atoms with van der Waals surface area (Å²) >= 11 is 0. The van der Waals surface area contributed by atoms with Crippen molar-refractivity contribution >= 4 is 26.0 Å². The van der Waals surface area contributed by atoms with Crippen LogP contribution in [0.4, 0.5) is 0 Å². The Morgan fingerprint density at radius 2 is 1.15 bits per heavy atom. The second-order valence-corrected chi connectivity index (χ2v) is 11.6. The average molecular weight is 564 g/mol. The smallest absolute Gasteiger partial charge is 0.744 e. The zero-order valence-corrected chi connectivity index (χ0v) is 23.7. The molecule has 0 spiro atoms. The van der Waals surface area contributed by atoms with Crippen LogP contribution in [0.1, 0.15) is 40.0 Å². The quantitative estimate of drug-likeness (QED) is 0.411. The standard InChI is InChI=1S/C10H16O.2C6H6O4S.Zn/c1-9(2)7-4-5-10(9,3)8(11)6-7;2*7-5-1-3-6(4-2-5)11(8,9)10;/h7H,4-6H2,1-3H3;2*1-4,7H,(H,8,9,10);/q;;;+2/p-2. The van der Waals surface area contributed by atoms with Gasteiger partial charge in [-0.3, -0.25) is 4.79 Å². The van der Waals surface area contributed by atoms with Crippen molar-refractivity contribution in [3.8, 4) is 11.5 Å². The Hall–Kier alpha value is -1.85. The molecule has 2 aromatic carbocycles. The summed E-state index contributed by atoms with van der Waals surface area (Å²) in [5.41, 5.74) is 0.307. The predicted octanol–water partition coefficient (Wildman–Crippen LogP) is 2.99. The van der Waals surface area contributed by atoms with Gasteiger partial charge in [0.1, 0.15) is 37.5 Å². The number of carbonyl (C=O) groups excluding carboxylic acids is 1. The third kappa shape index (κ3) is 6.85. The molecule has 2 aliphatic rings. The van der Waals surface area contributed by atoms with Crippen LogP contribution in [-0.4, -0.2) is 41.9 Å². The summed E-state index contributed by atoms with van der Waals surface area (Å²) in [4.78, 5) is 10.9. The first kappa shape index (κ1) is 30.2. The van der Waals surface area contributed by atoms with Gasteiger partial charge in [-0.15, -0.1) is 0 Å². The van der Waals surface area contributed by atoms with Crippen LogP contribution in [0.3, 0.4) is 0 Å². The van der Waals surface area contributed by atoms with Crippen LogP contribution in [0, 0.1) is 16.7 Å². The van der Waals surface area contributed by atoms with Crippen molar-refractivity contribution in [1.82, 2.24) is 0 Å². The summed E-state index contributed by atoms with van der Waals surface area (Å²) in [6.07, 6.45) is 3.25. The molecular formula is C22H26O9S2Zn. The van der Waals surface area contributed by atoms with Gasteiger partial charge in [-0.2, -0.15) is 0 Å². The molecule has 12 heteroatoms. The number of ketones is 1. The molecule has 4 rings (SSSR count). The summed E-state index contributed by atoms with van der Waals surface area (Å²) < 4.78 is 61.8. The van der Waals surface area contributed by atoms with E-state index >= 15 is 0 Å². The molecule has 0 aliphatic heterocycles. The topological polar surface area (TPSA) is 172 Å². The summed E-state index contributed by atoms with van der Waals surface area (Å²) in [6, 6.07) is 8.79. The molecule has 2 aromatic rings. The monoisotopic (exact) mass is 562 g/mol. The summed E-state index contributed by atoms with van der Waals surface area (Å²) in [5, 5.41) is 17.5. The SMILES string of the molecule is CC12CCC(CC1=O)C2(C)C.O=S(=O)([O-])c1ccc(O)cc1.O=S(=O)([O-])c1ccc(O)cc1.[Zn+2]. The van der Waals surface area contributed by atoms with Crippen LogP contribution in [0.2, 0.25) is 0 Å². The van der Waals surface area contributed by atoms with E-state index < -0.39 is 20.2 Å². The molecule has 0 heterocycles. The van der Waals surface area contributed by atoms with Crippen molar-refractivity contribution in [1.29, 1.82) is 0 Å². The van der Waals surface area contributed by atoms with Gasteiger partial charge in [-0.25, -0.2) is 16.8 Å². The molecule has 0 radical (unpaired) electrons. The minimum absolute atomic E-state index is 0. The van der Waals surface area contributed by atoms with Crippen molar-refractivity contribution < 1.29 is 60.4 Å². The summed E-state index contributed by atoms with van der Waals surface area (Å²) in [7, 11) is -8.76. The van der Waals surface area contributed by atoms with Crippen LogP contribution in [0.5, 0.6) is 11.5 Å². The van der Waals surface area contributed by atoms with Crippen LogP contribution in [0.25, 0.3) is 0 Å². The van der Waals surface area contributed by atoms with Gasteiger partial charge in [-0.05, 0) is 72.7 Å². The fourth-order valence-corrected chi connectivity index (χ4v) is 5.07. The first-order chi connectivity index (χ1) is 15.0. The Morgan fingerprint density at radius 3 is 1.32 bits per heavy atom. The van der Waals surface area contributed by atoms with Gasteiger partial charge in [0.05, 0.1) is 9.79 Å². The van der Waals surface area contributed by atoms with E-state index in [0.717, 1.165) is 61.4 Å². The normalized spacial score (nSPS) is 22.5. The number of Topliss-reactive ketones (excluding diaryl/α,β-unsaturated/α-hetero) is 1. The molecular weight excluding hydrogens is 538 g/mol. The Morgan fingerprint density at radius 1 is 0.794 bits per heavy atom.